The summed E-state index contributed by atoms with van der Waals surface area (Å²) >= 11 is 0. The maximum atomic E-state index is 13.1. The van der Waals surface area contributed by atoms with E-state index in [1.54, 1.807) is 12.1 Å². The van der Waals surface area contributed by atoms with Crippen LogP contribution in [0.1, 0.15) is 18.4 Å². The van der Waals surface area contributed by atoms with E-state index in [0.717, 1.165) is 17.6 Å². The Morgan fingerprint density at radius 2 is 1.70 bits per heavy atom. The van der Waals surface area contributed by atoms with E-state index in [9.17, 15) is 9.18 Å². The third-order valence-corrected chi connectivity index (χ3v) is 9.10. The molecule has 1 unspecified atom stereocenters. The molecule has 118 valence electrons. The number of allylic oxidation sites excluding steroid dienone is 1. The lowest BCUT2D eigenvalue weighted by molar-refractivity contribution is -0.114. The normalized spacial score (nSPS) is 20.2. The van der Waals surface area contributed by atoms with Gasteiger partial charge >= 0.3 is 0 Å². The number of ketones is 1. The molecule has 3 heteroatoms. The number of hydrogen-bond acceptors (Lipinski definition) is 1. The Morgan fingerprint density at radius 1 is 1.04 bits per heavy atom. The third kappa shape index (κ3) is 3.20. The second-order valence-electron chi connectivity index (χ2n) is 6.75. The predicted molar refractivity (Wildman–Crippen MR) is 95.9 cm³/mol. The molecule has 1 atom stereocenters. The molecule has 1 fully saturated rings. The first-order chi connectivity index (χ1) is 11.0. The van der Waals surface area contributed by atoms with Crippen LogP contribution in [-0.2, 0) is 4.79 Å². The van der Waals surface area contributed by atoms with E-state index in [1.165, 1.54) is 17.3 Å². The molecule has 0 amide bonds. The van der Waals surface area contributed by atoms with Crippen LogP contribution in [-0.4, -0.2) is 13.9 Å². The van der Waals surface area contributed by atoms with Crippen LogP contribution < -0.4 is 5.19 Å². The van der Waals surface area contributed by atoms with Gasteiger partial charge in [0.25, 0.3) is 0 Å². The lowest BCUT2D eigenvalue weighted by Gasteiger charge is -2.30. The van der Waals surface area contributed by atoms with Crippen molar-refractivity contribution in [3.05, 3.63) is 71.6 Å². The van der Waals surface area contributed by atoms with Crippen molar-refractivity contribution >= 4 is 25.1 Å². The van der Waals surface area contributed by atoms with Gasteiger partial charge in [-0.2, -0.15) is 0 Å². The van der Waals surface area contributed by atoms with Gasteiger partial charge in [0.15, 0.2) is 5.78 Å². The number of rotatable bonds is 3. The van der Waals surface area contributed by atoms with Gasteiger partial charge in [-0.15, -0.1) is 0 Å². The highest BCUT2D eigenvalue weighted by Crippen LogP contribution is 2.41. The van der Waals surface area contributed by atoms with Crippen LogP contribution in [0, 0.1) is 5.82 Å². The van der Waals surface area contributed by atoms with E-state index in [1.807, 2.05) is 12.1 Å². The fraction of sp³-hybridized carbons (Fsp3) is 0.250. The highest BCUT2D eigenvalue weighted by Gasteiger charge is 2.41. The first-order valence-corrected chi connectivity index (χ1v) is 11.1. The molecule has 0 aromatic heterocycles. The lowest BCUT2D eigenvalue weighted by Crippen LogP contribution is -2.45. The monoisotopic (exact) mass is 324 g/mol. The summed E-state index contributed by atoms with van der Waals surface area (Å²) in [6, 6.07) is 16.9. The van der Waals surface area contributed by atoms with Crippen molar-refractivity contribution in [3.8, 4) is 0 Å². The molecule has 0 radical (unpaired) electrons. The Hall–Kier alpha value is -2.00. The summed E-state index contributed by atoms with van der Waals surface area (Å²) in [5.74, 6) is -0.00345. The first kappa shape index (κ1) is 15.9. The molecular weight excluding hydrogens is 303 g/mol. The quantitative estimate of drug-likeness (QED) is 0.597. The van der Waals surface area contributed by atoms with Crippen LogP contribution >= 0.6 is 0 Å². The molecule has 1 aliphatic carbocycles. The highest BCUT2D eigenvalue weighted by molar-refractivity contribution is 6.92. The van der Waals surface area contributed by atoms with Gasteiger partial charge in [-0.3, -0.25) is 4.79 Å². The Kier molecular flexibility index (Phi) is 4.31. The molecule has 0 aliphatic heterocycles. The van der Waals surface area contributed by atoms with Gasteiger partial charge in [0.05, 0.1) is 8.07 Å². The Bertz CT molecular complexity index is 732. The smallest absolute Gasteiger partial charge is 0.158 e. The van der Waals surface area contributed by atoms with Gasteiger partial charge in [0, 0.05) is 6.42 Å². The Balaban J connectivity index is 1.98. The van der Waals surface area contributed by atoms with Crippen LogP contribution in [0.25, 0.3) is 6.08 Å². The lowest BCUT2D eigenvalue weighted by atomic mass is 10.1. The fourth-order valence-electron chi connectivity index (χ4n) is 3.51. The molecule has 1 aliphatic rings. The SMILES string of the molecule is C[Si](C)(c1ccccc1)C1CCC(=O)/C1=C/c1ccc(F)cc1. The van der Waals surface area contributed by atoms with Gasteiger partial charge in [-0.05, 0) is 41.3 Å². The van der Waals surface area contributed by atoms with Gasteiger partial charge in [-0.1, -0.05) is 60.7 Å². The fourth-order valence-corrected chi connectivity index (χ4v) is 6.85. The van der Waals surface area contributed by atoms with Crippen molar-refractivity contribution in [3.63, 3.8) is 0 Å². The summed E-state index contributed by atoms with van der Waals surface area (Å²) in [5, 5.41) is 1.38. The van der Waals surface area contributed by atoms with Crippen molar-refractivity contribution in [1.82, 2.24) is 0 Å². The molecule has 2 aromatic carbocycles. The van der Waals surface area contributed by atoms with Crippen molar-refractivity contribution in [2.24, 2.45) is 0 Å². The maximum absolute atomic E-state index is 13.1. The van der Waals surface area contributed by atoms with Gasteiger partial charge in [0.1, 0.15) is 5.82 Å². The predicted octanol–water partition coefficient (Wildman–Crippen LogP) is 4.56. The van der Waals surface area contributed by atoms with Crippen molar-refractivity contribution < 1.29 is 9.18 Å². The Morgan fingerprint density at radius 3 is 2.35 bits per heavy atom. The molecule has 0 heterocycles. The number of halogens is 1. The van der Waals surface area contributed by atoms with Crippen LogP contribution in [0.3, 0.4) is 0 Å². The first-order valence-electron chi connectivity index (χ1n) is 8.04. The zero-order valence-corrected chi connectivity index (χ0v) is 14.6. The minimum absolute atomic E-state index is 0.246. The topological polar surface area (TPSA) is 17.1 Å². The largest absolute Gasteiger partial charge is 0.295 e. The number of Topliss-reactive ketones (excluding diaryl/α,β-unsaturated/α-hetero) is 1. The number of benzene rings is 2. The second-order valence-corrected chi connectivity index (χ2v) is 11.5. The van der Waals surface area contributed by atoms with Crippen LogP contribution in [0.2, 0.25) is 18.6 Å². The average molecular weight is 324 g/mol. The minimum atomic E-state index is -1.78. The molecule has 0 bridgehead atoms. The summed E-state index contributed by atoms with van der Waals surface area (Å²) in [7, 11) is -1.78. The molecule has 2 aromatic rings. The van der Waals surface area contributed by atoms with E-state index in [-0.39, 0.29) is 11.6 Å². The standard InChI is InChI=1S/C20H21FOSi/c1-23(2,17-6-4-3-5-7-17)20-13-12-19(22)18(20)14-15-8-10-16(21)11-9-15/h3-11,14,20H,12-13H2,1-2H3/b18-14-. The van der Waals surface area contributed by atoms with Crippen LogP contribution in [0.5, 0.6) is 0 Å². The van der Waals surface area contributed by atoms with Crippen molar-refractivity contribution in [2.45, 2.75) is 31.5 Å². The van der Waals surface area contributed by atoms with E-state index >= 15 is 0 Å². The van der Waals surface area contributed by atoms with Crippen LogP contribution in [0.15, 0.2) is 60.2 Å². The van der Waals surface area contributed by atoms with E-state index in [2.05, 4.69) is 37.4 Å². The molecule has 0 saturated heterocycles. The van der Waals surface area contributed by atoms with E-state index in [0.29, 0.717) is 12.0 Å². The molecule has 3 rings (SSSR count). The third-order valence-electron chi connectivity index (χ3n) is 4.94. The second kappa shape index (κ2) is 6.24. The molecule has 1 saturated carbocycles. The molecular formula is C20H21FOSi. The zero-order chi connectivity index (χ0) is 16.4. The number of carbonyl (C=O) groups excluding carboxylic acids is 1. The number of hydrogen-bond donors (Lipinski definition) is 0. The van der Waals surface area contributed by atoms with Crippen molar-refractivity contribution in [1.29, 1.82) is 0 Å². The van der Waals surface area contributed by atoms with E-state index in [4.69, 9.17) is 0 Å². The number of carbonyl (C=O) groups is 1. The van der Waals surface area contributed by atoms with Crippen LogP contribution in [0.4, 0.5) is 4.39 Å². The Labute approximate surface area is 137 Å². The molecule has 1 nitrogen and oxygen atoms in total. The summed E-state index contributed by atoms with van der Waals surface area (Å²) < 4.78 is 13.1. The molecule has 0 N–H and O–H groups in total. The minimum Gasteiger partial charge on any atom is -0.295 e. The van der Waals surface area contributed by atoms with Gasteiger partial charge < -0.3 is 0 Å². The summed E-state index contributed by atoms with van der Waals surface area (Å²) in [6.45, 7) is 4.67. The van der Waals surface area contributed by atoms with E-state index < -0.39 is 8.07 Å². The van der Waals surface area contributed by atoms with Gasteiger partial charge in [0.2, 0.25) is 0 Å². The van der Waals surface area contributed by atoms with Crippen molar-refractivity contribution in [2.75, 3.05) is 0 Å². The zero-order valence-electron chi connectivity index (χ0n) is 13.6. The highest BCUT2D eigenvalue weighted by atomic mass is 28.3. The maximum Gasteiger partial charge on any atom is 0.158 e. The summed E-state index contributed by atoms with van der Waals surface area (Å²) in [4.78, 5) is 12.4. The summed E-state index contributed by atoms with van der Waals surface area (Å²) in [5.41, 5.74) is 2.15. The average Bonchev–Trinajstić information content (AvgIpc) is 2.92. The molecule has 23 heavy (non-hydrogen) atoms. The molecule has 0 spiro atoms. The summed E-state index contributed by atoms with van der Waals surface area (Å²) in [6.07, 6.45) is 3.53. The van der Waals surface area contributed by atoms with Gasteiger partial charge in [-0.25, -0.2) is 4.39 Å².